The highest BCUT2D eigenvalue weighted by Gasteiger charge is 2.29. The minimum atomic E-state index is -0.326. The Morgan fingerprint density at radius 3 is 3.14 bits per heavy atom. The lowest BCUT2D eigenvalue weighted by Gasteiger charge is -2.31. The Morgan fingerprint density at radius 2 is 2.41 bits per heavy atom. The van der Waals surface area contributed by atoms with Gasteiger partial charge in [0.25, 0.3) is 5.91 Å². The van der Waals surface area contributed by atoms with Gasteiger partial charge in [0.2, 0.25) is 0 Å². The maximum Gasteiger partial charge on any atom is 0.272 e. The van der Waals surface area contributed by atoms with Gasteiger partial charge < -0.3 is 14.4 Å². The van der Waals surface area contributed by atoms with Crippen molar-refractivity contribution in [3.8, 4) is 5.75 Å². The summed E-state index contributed by atoms with van der Waals surface area (Å²) in [6, 6.07) is 3.33. The molecule has 2 aromatic rings. The predicted octanol–water partition coefficient (Wildman–Crippen LogP) is 0.730. The summed E-state index contributed by atoms with van der Waals surface area (Å²) in [7, 11) is 1.56. The van der Waals surface area contributed by atoms with Crippen LogP contribution in [0.2, 0.25) is 0 Å². The Labute approximate surface area is 127 Å². The SMILES string of the molecule is COc1ccnc(C(=O)N2CCO[C@@H](c3n[nH]c(C)n3)C2)c1. The fraction of sp³-hybridized carbons (Fsp3) is 0.429. The van der Waals surface area contributed by atoms with Crippen LogP contribution < -0.4 is 4.74 Å². The fourth-order valence-corrected chi connectivity index (χ4v) is 2.31. The van der Waals surface area contributed by atoms with Crippen molar-refractivity contribution < 1.29 is 14.3 Å². The average Bonchev–Trinajstić information content (AvgIpc) is 3.01. The largest absolute Gasteiger partial charge is 0.497 e. The number of pyridine rings is 1. The Morgan fingerprint density at radius 1 is 1.55 bits per heavy atom. The zero-order chi connectivity index (χ0) is 15.5. The highest BCUT2D eigenvalue weighted by molar-refractivity contribution is 5.92. The molecule has 1 atom stereocenters. The molecule has 1 aliphatic rings. The quantitative estimate of drug-likeness (QED) is 0.898. The lowest BCUT2D eigenvalue weighted by atomic mass is 10.2. The van der Waals surface area contributed by atoms with Crippen molar-refractivity contribution >= 4 is 5.91 Å². The number of H-pyrrole nitrogens is 1. The second kappa shape index (κ2) is 6.10. The third-order valence-electron chi connectivity index (χ3n) is 3.44. The van der Waals surface area contributed by atoms with Crippen LogP contribution in [0.3, 0.4) is 0 Å². The second-order valence-corrected chi connectivity index (χ2v) is 4.97. The zero-order valence-corrected chi connectivity index (χ0v) is 12.4. The van der Waals surface area contributed by atoms with E-state index >= 15 is 0 Å². The number of morpholine rings is 1. The predicted molar refractivity (Wildman–Crippen MR) is 76.5 cm³/mol. The lowest BCUT2D eigenvalue weighted by molar-refractivity contribution is -0.0268. The number of methoxy groups -OCH3 is 1. The van der Waals surface area contributed by atoms with Gasteiger partial charge in [0.15, 0.2) is 5.82 Å². The van der Waals surface area contributed by atoms with Crippen molar-refractivity contribution in [2.45, 2.75) is 13.0 Å². The number of amides is 1. The summed E-state index contributed by atoms with van der Waals surface area (Å²) < 4.78 is 10.8. The number of nitrogens with zero attached hydrogens (tertiary/aromatic N) is 4. The molecule has 2 aromatic heterocycles. The Kier molecular flexibility index (Phi) is 4.01. The highest BCUT2D eigenvalue weighted by atomic mass is 16.5. The van der Waals surface area contributed by atoms with Gasteiger partial charge in [-0.2, -0.15) is 5.10 Å². The van der Waals surface area contributed by atoms with E-state index in [-0.39, 0.29) is 12.0 Å². The summed E-state index contributed by atoms with van der Waals surface area (Å²) in [6.45, 7) is 3.17. The monoisotopic (exact) mass is 303 g/mol. The molecule has 1 amide bonds. The first kappa shape index (κ1) is 14.5. The molecule has 0 aromatic carbocycles. The standard InChI is InChI=1S/C14H17N5O3/c1-9-16-13(18-17-9)12-8-19(5-6-22-12)14(20)11-7-10(21-2)3-4-15-11/h3-4,7,12H,5-6,8H2,1-2H3,(H,16,17,18)/t12-/m1/s1. The maximum absolute atomic E-state index is 12.6. The molecule has 8 heteroatoms. The van der Waals surface area contributed by atoms with E-state index in [0.29, 0.717) is 37.0 Å². The molecule has 3 rings (SSSR count). The molecular formula is C14H17N5O3. The number of aryl methyl sites for hydroxylation is 1. The van der Waals surface area contributed by atoms with Crippen LogP contribution in [0.1, 0.15) is 28.2 Å². The molecule has 3 heterocycles. The summed E-state index contributed by atoms with van der Waals surface area (Å²) in [6.07, 6.45) is 1.23. The van der Waals surface area contributed by atoms with Gasteiger partial charge in [-0.15, -0.1) is 0 Å². The lowest BCUT2D eigenvalue weighted by Crippen LogP contribution is -2.42. The fourth-order valence-electron chi connectivity index (χ4n) is 2.31. The second-order valence-electron chi connectivity index (χ2n) is 4.97. The van der Waals surface area contributed by atoms with Crippen LogP contribution >= 0.6 is 0 Å². The molecule has 0 unspecified atom stereocenters. The minimum Gasteiger partial charge on any atom is -0.497 e. The Bertz CT molecular complexity index is 672. The van der Waals surface area contributed by atoms with Crippen LogP contribution in [0.4, 0.5) is 0 Å². The van der Waals surface area contributed by atoms with Gasteiger partial charge in [0, 0.05) is 18.8 Å². The van der Waals surface area contributed by atoms with Crippen LogP contribution in [0.25, 0.3) is 0 Å². The van der Waals surface area contributed by atoms with Gasteiger partial charge in [-0.25, -0.2) is 4.98 Å². The van der Waals surface area contributed by atoms with Crippen molar-refractivity contribution in [1.29, 1.82) is 0 Å². The molecule has 22 heavy (non-hydrogen) atoms. The van der Waals surface area contributed by atoms with E-state index < -0.39 is 0 Å². The van der Waals surface area contributed by atoms with Crippen LogP contribution in [-0.4, -0.2) is 57.8 Å². The number of rotatable bonds is 3. The van der Waals surface area contributed by atoms with Crippen LogP contribution in [0.15, 0.2) is 18.3 Å². The number of hydrogen-bond acceptors (Lipinski definition) is 6. The normalized spacial score (nSPS) is 18.3. The van der Waals surface area contributed by atoms with Gasteiger partial charge >= 0.3 is 0 Å². The molecule has 0 bridgehead atoms. The molecular weight excluding hydrogens is 286 g/mol. The smallest absolute Gasteiger partial charge is 0.272 e. The summed E-state index contributed by atoms with van der Waals surface area (Å²) in [5.74, 6) is 1.73. The summed E-state index contributed by atoms with van der Waals surface area (Å²) in [5.41, 5.74) is 0.353. The molecule has 1 fully saturated rings. The summed E-state index contributed by atoms with van der Waals surface area (Å²) in [4.78, 5) is 22.6. The molecule has 8 nitrogen and oxygen atoms in total. The van der Waals surface area contributed by atoms with Gasteiger partial charge in [0.05, 0.1) is 20.3 Å². The van der Waals surface area contributed by atoms with Crippen LogP contribution in [0, 0.1) is 6.92 Å². The van der Waals surface area contributed by atoms with E-state index in [1.54, 1.807) is 30.3 Å². The highest BCUT2D eigenvalue weighted by Crippen LogP contribution is 2.21. The van der Waals surface area contributed by atoms with E-state index in [0.717, 1.165) is 5.82 Å². The number of hydrogen-bond donors (Lipinski definition) is 1. The Hall–Kier alpha value is -2.48. The molecule has 1 N–H and O–H groups in total. The van der Waals surface area contributed by atoms with Crippen molar-refractivity contribution in [1.82, 2.24) is 25.1 Å². The number of ether oxygens (including phenoxy) is 2. The topological polar surface area (TPSA) is 93.2 Å². The van der Waals surface area contributed by atoms with Crippen LogP contribution in [0.5, 0.6) is 5.75 Å². The van der Waals surface area contributed by atoms with Crippen molar-refractivity contribution in [2.24, 2.45) is 0 Å². The van der Waals surface area contributed by atoms with Crippen molar-refractivity contribution in [3.05, 3.63) is 35.7 Å². The molecule has 0 saturated carbocycles. The van der Waals surface area contributed by atoms with Gasteiger partial charge in [-0.05, 0) is 13.0 Å². The van der Waals surface area contributed by atoms with E-state index in [2.05, 4.69) is 20.2 Å². The number of carbonyl (C=O) groups is 1. The summed E-state index contributed by atoms with van der Waals surface area (Å²) >= 11 is 0. The van der Waals surface area contributed by atoms with Crippen LogP contribution in [-0.2, 0) is 4.74 Å². The Balaban J connectivity index is 1.75. The van der Waals surface area contributed by atoms with Gasteiger partial charge in [0.1, 0.15) is 23.4 Å². The molecule has 1 aliphatic heterocycles. The molecule has 1 saturated heterocycles. The first-order valence-corrected chi connectivity index (χ1v) is 6.97. The van der Waals surface area contributed by atoms with Crippen molar-refractivity contribution in [2.75, 3.05) is 26.8 Å². The molecule has 0 radical (unpaired) electrons. The number of carbonyl (C=O) groups excluding carboxylic acids is 1. The van der Waals surface area contributed by atoms with E-state index in [1.165, 1.54) is 0 Å². The third kappa shape index (κ3) is 2.91. The zero-order valence-electron chi connectivity index (χ0n) is 12.4. The number of aromatic amines is 1. The van der Waals surface area contributed by atoms with Gasteiger partial charge in [-0.1, -0.05) is 0 Å². The van der Waals surface area contributed by atoms with Gasteiger partial charge in [-0.3, -0.25) is 14.9 Å². The maximum atomic E-state index is 12.6. The third-order valence-corrected chi connectivity index (χ3v) is 3.44. The first-order valence-electron chi connectivity index (χ1n) is 6.97. The van der Waals surface area contributed by atoms with E-state index in [4.69, 9.17) is 9.47 Å². The van der Waals surface area contributed by atoms with E-state index in [1.807, 2.05) is 6.92 Å². The first-order chi connectivity index (χ1) is 10.7. The molecule has 0 aliphatic carbocycles. The average molecular weight is 303 g/mol. The number of nitrogens with one attached hydrogen (secondary N) is 1. The van der Waals surface area contributed by atoms with Crippen molar-refractivity contribution in [3.63, 3.8) is 0 Å². The van der Waals surface area contributed by atoms with E-state index in [9.17, 15) is 4.79 Å². The number of aromatic nitrogens is 4. The summed E-state index contributed by atoms with van der Waals surface area (Å²) in [5, 5.41) is 6.88. The molecule has 0 spiro atoms. The molecule has 116 valence electrons. The minimum absolute atomic E-state index is 0.153.